The summed E-state index contributed by atoms with van der Waals surface area (Å²) in [6, 6.07) is 17.4. The summed E-state index contributed by atoms with van der Waals surface area (Å²) in [5, 5.41) is 15.8. The first-order chi connectivity index (χ1) is 16.3. The lowest BCUT2D eigenvalue weighted by atomic mass is 9.85. The highest BCUT2D eigenvalue weighted by molar-refractivity contribution is 5.85. The number of tetrazole rings is 1. The van der Waals surface area contributed by atoms with E-state index in [0.717, 1.165) is 33.7 Å². The molecule has 0 saturated heterocycles. The van der Waals surface area contributed by atoms with Crippen LogP contribution in [0.2, 0.25) is 0 Å². The van der Waals surface area contributed by atoms with Crippen LogP contribution in [-0.2, 0) is 0 Å². The molecule has 0 fully saturated rings. The Bertz CT molecular complexity index is 1370. The molecule has 2 aromatic carbocycles. The molecular weight excluding hydrogens is 420 g/mol. The number of ether oxygens (including phenoxy) is 3. The minimum Gasteiger partial charge on any atom is -0.493 e. The number of benzene rings is 2. The van der Waals surface area contributed by atoms with Crippen LogP contribution < -0.4 is 19.5 Å². The first kappa shape index (κ1) is 19.3. The normalized spacial score (nSPS) is 18.4. The fraction of sp³-hybridized carbons (Fsp3) is 0.167. The van der Waals surface area contributed by atoms with Crippen LogP contribution in [0.3, 0.4) is 0 Å². The summed E-state index contributed by atoms with van der Waals surface area (Å²) in [4.78, 5) is 4.34. The van der Waals surface area contributed by atoms with E-state index in [4.69, 9.17) is 14.2 Å². The van der Waals surface area contributed by atoms with Gasteiger partial charge >= 0.3 is 0 Å². The average molecular weight is 440 g/mol. The third-order valence-corrected chi connectivity index (χ3v) is 5.95. The monoisotopic (exact) mass is 440 g/mol. The number of pyridine rings is 1. The van der Waals surface area contributed by atoms with E-state index in [0.29, 0.717) is 17.4 Å². The molecule has 0 bridgehead atoms. The van der Waals surface area contributed by atoms with Crippen LogP contribution >= 0.6 is 0 Å². The number of nitrogens with zero attached hydrogens (tertiary/aromatic N) is 5. The number of methoxy groups -OCH3 is 2. The largest absolute Gasteiger partial charge is 0.493 e. The molecule has 2 aromatic heterocycles. The third-order valence-electron chi connectivity index (χ3n) is 5.95. The van der Waals surface area contributed by atoms with Crippen molar-refractivity contribution in [1.29, 1.82) is 0 Å². The van der Waals surface area contributed by atoms with Gasteiger partial charge in [-0.15, -0.1) is 0 Å². The summed E-state index contributed by atoms with van der Waals surface area (Å²) in [5.74, 6) is 2.61. The quantitative estimate of drug-likeness (QED) is 0.514. The predicted molar refractivity (Wildman–Crippen MR) is 120 cm³/mol. The molecule has 0 radical (unpaired) electrons. The van der Waals surface area contributed by atoms with Crippen molar-refractivity contribution in [2.24, 2.45) is 0 Å². The third kappa shape index (κ3) is 3.00. The van der Waals surface area contributed by atoms with E-state index in [9.17, 15) is 0 Å². The van der Waals surface area contributed by atoms with E-state index in [1.807, 2.05) is 60.8 Å². The molecule has 0 aliphatic carbocycles. The Morgan fingerprint density at radius 1 is 0.970 bits per heavy atom. The van der Waals surface area contributed by atoms with Gasteiger partial charge < -0.3 is 19.5 Å². The molecule has 2 aliphatic heterocycles. The first-order valence-corrected chi connectivity index (χ1v) is 10.5. The number of aromatic nitrogens is 5. The molecule has 9 heteroatoms. The van der Waals surface area contributed by atoms with Crippen molar-refractivity contribution in [2.75, 3.05) is 19.5 Å². The first-order valence-electron chi connectivity index (χ1n) is 10.5. The second kappa shape index (κ2) is 7.63. The Labute approximate surface area is 189 Å². The van der Waals surface area contributed by atoms with Crippen LogP contribution in [0.15, 0.2) is 72.6 Å². The Balaban J connectivity index is 1.60. The summed E-state index contributed by atoms with van der Waals surface area (Å²) < 4.78 is 19.4. The molecule has 1 N–H and O–H groups in total. The smallest absolute Gasteiger partial charge is 0.248 e. The van der Waals surface area contributed by atoms with Crippen LogP contribution in [0.4, 0.5) is 5.95 Å². The van der Waals surface area contributed by atoms with Gasteiger partial charge in [-0.05, 0) is 46.3 Å². The molecule has 0 spiro atoms. The van der Waals surface area contributed by atoms with Crippen molar-refractivity contribution in [3.05, 3.63) is 89.3 Å². The van der Waals surface area contributed by atoms with E-state index in [2.05, 4.69) is 25.8 Å². The molecule has 6 rings (SSSR count). The molecule has 2 atom stereocenters. The van der Waals surface area contributed by atoms with Gasteiger partial charge in [0, 0.05) is 29.1 Å². The second-order valence-corrected chi connectivity index (χ2v) is 7.70. The van der Waals surface area contributed by atoms with Gasteiger partial charge in [0.1, 0.15) is 17.9 Å². The van der Waals surface area contributed by atoms with Gasteiger partial charge in [-0.2, -0.15) is 4.68 Å². The van der Waals surface area contributed by atoms with Crippen molar-refractivity contribution >= 4 is 11.6 Å². The van der Waals surface area contributed by atoms with Gasteiger partial charge in [-0.1, -0.05) is 29.4 Å². The Kier molecular flexibility index (Phi) is 4.46. The Hall–Kier alpha value is -4.40. The number of para-hydroxylation sites is 1. The van der Waals surface area contributed by atoms with Crippen molar-refractivity contribution in [3.63, 3.8) is 0 Å². The zero-order valence-electron chi connectivity index (χ0n) is 18.0. The predicted octanol–water partition coefficient (Wildman–Crippen LogP) is 3.65. The molecule has 2 aliphatic rings. The van der Waals surface area contributed by atoms with E-state index >= 15 is 0 Å². The summed E-state index contributed by atoms with van der Waals surface area (Å²) >= 11 is 0. The minimum absolute atomic E-state index is 0.314. The van der Waals surface area contributed by atoms with Gasteiger partial charge in [-0.3, -0.25) is 4.98 Å². The number of hydrogen-bond donors (Lipinski definition) is 1. The lowest BCUT2D eigenvalue weighted by Gasteiger charge is -2.38. The Morgan fingerprint density at radius 3 is 2.67 bits per heavy atom. The van der Waals surface area contributed by atoms with Gasteiger partial charge in [0.05, 0.1) is 19.9 Å². The van der Waals surface area contributed by atoms with Crippen molar-refractivity contribution < 1.29 is 14.2 Å². The van der Waals surface area contributed by atoms with E-state index in [1.165, 1.54) is 0 Å². The standard InChI is InChI=1S/C24H20N6O3/c1-31-18-10-9-14(12-19(18)32-2)23-20-21(16-7-3-4-8-17(16)33-23)26-24-27-28-29-30(24)22(20)15-6-5-11-25-13-15/h3-13,22-23H,1-2H3,(H,26,27,29)/t22-,23-/m1/s1. The highest BCUT2D eigenvalue weighted by atomic mass is 16.5. The highest BCUT2D eigenvalue weighted by Gasteiger charge is 2.41. The number of hydrogen-bond acceptors (Lipinski definition) is 8. The maximum Gasteiger partial charge on any atom is 0.248 e. The van der Waals surface area contributed by atoms with E-state index < -0.39 is 6.10 Å². The van der Waals surface area contributed by atoms with Crippen molar-refractivity contribution in [1.82, 2.24) is 25.2 Å². The molecule has 4 aromatic rings. The summed E-state index contributed by atoms with van der Waals surface area (Å²) in [5.41, 5.74) is 4.73. The summed E-state index contributed by atoms with van der Waals surface area (Å²) in [6.45, 7) is 0. The van der Waals surface area contributed by atoms with Crippen LogP contribution in [0.5, 0.6) is 17.2 Å². The van der Waals surface area contributed by atoms with Crippen molar-refractivity contribution in [2.45, 2.75) is 12.1 Å². The highest BCUT2D eigenvalue weighted by Crippen LogP contribution is 2.50. The van der Waals surface area contributed by atoms with Crippen LogP contribution in [0, 0.1) is 0 Å². The molecule has 9 nitrogen and oxygen atoms in total. The van der Waals surface area contributed by atoms with Gasteiger partial charge in [0.15, 0.2) is 11.5 Å². The fourth-order valence-electron chi connectivity index (χ4n) is 4.49. The summed E-state index contributed by atoms with van der Waals surface area (Å²) in [7, 11) is 3.24. The maximum absolute atomic E-state index is 6.61. The Morgan fingerprint density at radius 2 is 1.85 bits per heavy atom. The lowest BCUT2D eigenvalue weighted by Crippen LogP contribution is -2.32. The van der Waals surface area contributed by atoms with Crippen LogP contribution in [0.25, 0.3) is 5.70 Å². The zero-order chi connectivity index (χ0) is 22.4. The number of anilines is 1. The van der Waals surface area contributed by atoms with Crippen LogP contribution in [0.1, 0.15) is 28.8 Å². The molecule has 33 heavy (non-hydrogen) atoms. The minimum atomic E-state index is -0.426. The second-order valence-electron chi connectivity index (χ2n) is 7.70. The molecule has 164 valence electrons. The molecule has 0 saturated carbocycles. The molecular formula is C24H20N6O3. The van der Waals surface area contributed by atoms with Crippen LogP contribution in [-0.4, -0.2) is 39.4 Å². The maximum atomic E-state index is 6.61. The number of rotatable bonds is 4. The number of nitrogens with one attached hydrogen (secondary N) is 1. The number of fused-ring (bicyclic) bond motifs is 3. The topological polar surface area (TPSA) is 96.2 Å². The SMILES string of the molecule is COc1ccc([C@H]2Oc3ccccc3C3=C2[C@@H](c2cccnc2)n2nnnc2N3)cc1OC. The summed E-state index contributed by atoms with van der Waals surface area (Å²) in [6.07, 6.45) is 3.15. The average Bonchev–Trinajstić information content (AvgIpc) is 3.35. The lowest BCUT2D eigenvalue weighted by molar-refractivity contribution is 0.222. The molecule has 4 heterocycles. The van der Waals surface area contributed by atoms with E-state index in [1.54, 1.807) is 25.1 Å². The zero-order valence-corrected chi connectivity index (χ0v) is 18.0. The molecule has 0 unspecified atom stereocenters. The van der Waals surface area contributed by atoms with Gasteiger partial charge in [-0.25, -0.2) is 0 Å². The fourth-order valence-corrected chi connectivity index (χ4v) is 4.49. The van der Waals surface area contributed by atoms with Crippen molar-refractivity contribution in [3.8, 4) is 17.2 Å². The van der Waals surface area contributed by atoms with E-state index in [-0.39, 0.29) is 6.04 Å². The molecule has 0 amide bonds. The van der Waals surface area contributed by atoms with Gasteiger partial charge in [0.25, 0.3) is 0 Å². The van der Waals surface area contributed by atoms with Gasteiger partial charge in [0.2, 0.25) is 5.95 Å².